The number of aromatic nitrogens is 4. The summed E-state index contributed by atoms with van der Waals surface area (Å²) in [6, 6.07) is 9.42. The first-order chi connectivity index (χ1) is 16.6. The molecule has 7 nitrogen and oxygen atoms in total. The van der Waals surface area contributed by atoms with Gasteiger partial charge in [0.2, 0.25) is 10.0 Å². The van der Waals surface area contributed by atoms with Crippen LogP contribution in [0.15, 0.2) is 65.8 Å². The third-order valence-corrected chi connectivity index (χ3v) is 8.18. The molecule has 0 radical (unpaired) electrons. The Bertz CT molecular complexity index is 1550. The lowest BCUT2D eigenvalue weighted by Gasteiger charge is -2.33. The molecule has 4 aromatic rings. The standard InChI is InChI=1S/C23H15F4N5O2S/c24-13-3-1-12(2-4-13)17-7-6-15-19-9-18-16(11-29-31-18)22(21(15)30-17)32(19)35(33,34)14-5-8-20(28-10-14)23(25,26)27/h1-8,10-11,19,22H,9H2,(H,29,31). The van der Waals surface area contributed by atoms with E-state index >= 15 is 0 Å². The van der Waals surface area contributed by atoms with E-state index in [9.17, 15) is 26.0 Å². The van der Waals surface area contributed by atoms with Crippen LogP contribution in [0.5, 0.6) is 0 Å². The highest BCUT2D eigenvalue weighted by Crippen LogP contribution is 2.53. The van der Waals surface area contributed by atoms with Gasteiger partial charge in [-0.1, -0.05) is 6.07 Å². The molecule has 0 amide bonds. The van der Waals surface area contributed by atoms with E-state index in [1.165, 1.54) is 22.6 Å². The fraction of sp³-hybridized carbons (Fsp3) is 0.174. The summed E-state index contributed by atoms with van der Waals surface area (Å²) in [5.41, 5.74) is 2.59. The number of rotatable bonds is 3. The van der Waals surface area contributed by atoms with Gasteiger partial charge in [-0.15, -0.1) is 0 Å². The van der Waals surface area contributed by atoms with Crippen molar-refractivity contribution in [3.05, 3.63) is 95.0 Å². The van der Waals surface area contributed by atoms with Crippen molar-refractivity contribution in [2.75, 3.05) is 0 Å². The normalized spacial score (nSPS) is 19.4. The molecule has 2 aliphatic heterocycles. The van der Waals surface area contributed by atoms with Crippen LogP contribution < -0.4 is 0 Å². The summed E-state index contributed by atoms with van der Waals surface area (Å²) < 4.78 is 80.9. The van der Waals surface area contributed by atoms with Crippen molar-refractivity contribution in [2.24, 2.45) is 0 Å². The number of pyridine rings is 2. The molecule has 0 spiro atoms. The van der Waals surface area contributed by atoms with Crippen LogP contribution in [-0.4, -0.2) is 32.9 Å². The average Bonchev–Trinajstić information content (AvgIpc) is 3.40. The minimum absolute atomic E-state index is 0.295. The Hall–Kier alpha value is -3.64. The molecule has 0 aliphatic carbocycles. The summed E-state index contributed by atoms with van der Waals surface area (Å²) in [6.07, 6.45) is -2.13. The Morgan fingerprint density at radius 2 is 1.74 bits per heavy atom. The predicted molar refractivity (Wildman–Crippen MR) is 115 cm³/mol. The Labute approximate surface area is 196 Å². The van der Waals surface area contributed by atoms with Crippen molar-refractivity contribution in [3.8, 4) is 11.3 Å². The number of alkyl halides is 3. The molecule has 2 atom stereocenters. The lowest BCUT2D eigenvalue weighted by atomic mass is 10.0. The smallest absolute Gasteiger partial charge is 0.282 e. The summed E-state index contributed by atoms with van der Waals surface area (Å²) >= 11 is 0. The van der Waals surface area contributed by atoms with Gasteiger partial charge in [-0.3, -0.25) is 15.1 Å². The number of H-pyrrole nitrogens is 1. The van der Waals surface area contributed by atoms with E-state index in [0.717, 1.165) is 18.0 Å². The third-order valence-electron chi connectivity index (χ3n) is 6.32. The molecule has 178 valence electrons. The zero-order valence-corrected chi connectivity index (χ0v) is 18.5. The molecule has 0 saturated carbocycles. The first-order valence-electron chi connectivity index (χ1n) is 10.5. The van der Waals surface area contributed by atoms with Gasteiger partial charge >= 0.3 is 6.18 Å². The van der Waals surface area contributed by atoms with E-state index < -0.39 is 39.8 Å². The molecule has 2 bridgehead atoms. The Morgan fingerprint density at radius 1 is 0.971 bits per heavy atom. The van der Waals surface area contributed by atoms with Crippen molar-refractivity contribution in [2.45, 2.75) is 29.6 Å². The lowest BCUT2D eigenvalue weighted by Crippen LogP contribution is -2.37. The van der Waals surface area contributed by atoms with E-state index in [1.54, 1.807) is 24.3 Å². The van der Waals surface area contributed by atoms with Gasteiger partial charge < -0.3 is 0 Å². The van der Waals surface area contributed by atoms with Gasteiger partial charge in [0.1, 0.15) is 16.4 Å². The first kappa shape index (κ1) is 21.9. The minimum atomic E-state index is -4.69. The topological polar surface area (TPSA) is 91.8 Å². The molecule has 2 unspecified atom stereocenters. The van der Waals surface area contributed by atoms with Gasteiger partial charge in [0, 0.05) is 29.4 Å². The molecule has 5 heterocycles. The number of fused-ring (bicyclic) bond motifs is 7. The van der Waals surface area contributed by atoms with Crippen molar-refractivity contribution in [1.82, 2.24) is 24.5 Å². The fourth-order valence-corrected chi connectivity index (χ4v) is 6.42. The predicted octanol–water partition coefficient (Wildman–Crippen LogP) is 4.42. The van der Waals surface area contributed by atoms with Crippen molar-refractivity contribution in [1.29, 1.82) is 0 Å². The molecular weight excluding hydrogens is 486 g/mol. The molecule has 2 aliphatic rings. The second-order valence-corrected chi connectivity index (χ2v) is 10.2. The third kappa shape index (κ3) is 3.35. The number of hydrogen-bond acceptors (Lipinski definition) is 5. The number of sulfonamides is 1. The zero-order valence-electron chi connectivity index (χ0n) is 17.7. The largest absolute Gasteiger partial charge is 0.433 e. The quantitative estimate of drug-likeness (QED) is 0.420. The lowest BCUT2D eigenvalue weighted by molar-refractivity contribution is -0.141. The van der Waals surface area contributed by atoms with E-state index in [0.29, 0.717) is 40.6 Å². The number of nitrogens with one attached hydrogen (secondary N) is 1. The second kappa shape index (κ2) is 7.43. The first-order valence-corrected chi connectivity index (χ1v) is 11.9. The number of halogens is 4. The Balaban J connectivity index is 1.47. The summed E-state index contributed by atoms with van der Waals surface area (Å²) in [4.78, 5) is 7.73. The number of nitrogens with zero attached hydrogens (tertiary/aromatic N) is 4. The van der Waals surface area contributed by atoms with E-state index in [2.05, 4.69) is 15.2 Å². The highest BCUT2D eigenvalue weighted by molar-refractivity contribution is 7.89. The number of aromatic amines is 1. The van der Waals surface area contributed by atoms with E-state index in [-0.39, 0.29) is 4.90 Å². The highest BCUT2D eigenvalue weighted by atomic mass is 32.2. The van der Waals surface area contributed by atoms with Crippen molar-refractivity contribution < 1.29 is 26.0 Å². The van der Waals surface area contributed by atoms with Crippen LogP contribution in [0.1, 0.15) is 40.3 Å². The highest BCUT2D eigenvalue weighted by Gasteiger charge is 2.52. The maximum atomic E-state index is 13.7. The second-order valence-electron chi connectivity index (χ2n) is 8.32. The van der Waals surface area contributed by atoms with Crippen molar-refractivity contribution >= 4 is 10.0 Å². The summed E-state index contributed by atoms with van der Waals surface area (Å²) in [5, 5.41) is 6.96. The van der Waals surface area contributed by atoms with Gasteiger partial charge in [0.25, 0.3) is 0 Å². The van der Waals surface area contributed by atoms with Gasteiger partial charge in [-0.05, 0) is 48.0 Å². The molecule has 1 aromatic carbocycles. The summed E-state index contributed by atoms with van der Waals surface area (Å²) in [6.45, 7) is 0. The van der Waals surface area contributed by atoms with Crippen LogP contribution in [0.4, 0.5) is 17.6 Å². The van der Waals surface area contributed by atoms with Crippen LogP contribution in [0.3, 0.4) is 0 Å². The molecular formula is C23H15F4N5O2S. The molecule has 0 fully saturated rings. The van der Waals surface area contributed by atoms with Crippen molar-refractivity contribution in [3.63, 3.8) is 0 Å². The molecule has 1 N–H and O–H groups in total. The molecule has 6 rings (SSSR count). The minimum Gasteiger partial charge on any atom is -0.282 e. The van der Waals surface area contributed by atoms with E-state index in [4.69, 9.17) is 4.98 Å². The SMILES string of the molecule is O=S(=O)(c1ccc(C(F)(F)F)nc1)N1C2Cc3[nH]ncc3C1c1nc(-c3ccc(F)cc3)ccc12. The van der Waals surface area contributed by atoms with Crippen LogP contribution >= 0.6 is 0 Å². The van der Waals surface area contributed by atoms with Crippen LogP contribution in [-0.2, 0) is 22.6 Å². The summed E-state index contributed by atoms with van der Waals surface area (Å²) in [7, 11) is -4.26. The van der Waals surface area contributed by atoms with E-state index in [1.807, 2.05) is 0 Å². The van der Waals surface area contributed by atoms with Gasteiger partial charge in [-0.25, -0.2) is 12.8 Å². The zero-order chi connectivity index (χ0) is 24.5. The molecule has 3 aromatic heterocycles. The van der Waals surface area contributed by atoms with Gasteiger partial charge in [0.15, 0.2) is 0 Å². The maximum absolute atomic E-state index is 13.7. The van der Waals surface area contributed by atoms with Crippen LogP contribution in [0.25, 0.3) is 11.3 Å². The Kier molecular flexibility index (Phi) is 4.64. The molecule has 12 heteroatoms. The van der Waals surface area contributed by atoms with Crippen LogP contribution in [0, 0.1) is 5.82 Å². The number of hydrogen-bond donors (Lipinski definition) is 1. The van der Waals surface area contributed by atoms with Crippen LogP contribution in [0.2, 0.25) is 0 Å². The summed E-state index contributed by atoms with van der Waals surface area (Å²) in [5.74, 6) is -0.392. The maximum Gasteiger partial charge on any atom is 0.433 e. The Morgan fingerprint density at radius 3 is 2.43 bits per heavy atom. The molecule has 0 saturated heterocycles. The fourth-order valence-electron chi connectivity index (χ4n) is 4.73. The van der Waals surface area contributed by atoms with Gasteiger partial charge in [0.05, 0.1) is 29.7 Å². The monoisotopic (exact) mass is 501 g/mol. The van der Waals surface area contributed by atoms with Gasteiger partial charge in [-0.2, -0.15) is 22.6 Å². The molecule has 35 heavy (non-hydrogen) atoms. The number of benzene rings is 1. The average molecular weight is 501 g/mol.